The zero-order valence-corrected chi connectivity index (χ0v) is 9.83. The van der Waals surface area contributed by atoms with Crippen molar-refractivity contribution in [3.05, 3.63) is 35.4 Å². The van der Waals surface area contributed by atoms with Gasteiger partial charge in [0.05, 0.1) is 5.38 Å². The van der Waals surface area contributed by atoms with Crippen LogP contribution < -0.4 is 0 Å². The molecule has 2 heteroatoms. The number of halogens is 1. The van der Waals surface area contributed by atoms with E-state index >= 15 is 0 Å². The van der Waals surface area contributed by atoms with Gasteiger partial charge in [0.25, 0.3) is 0 Å². The van der Waals surface area contributed by atoms with E-state index in [4.69, 9.17) is 11.6 Å². The molecule has 1 rings (SSSR count). The topological polar surface area (TPSA) is 17.1 Å². The Balaban J connectivity index is 2.52. The van der Waals surface area contributed by atoms with Crippen LogP contribution in [0, 0.1) is 0 Å². The minimum Gasteiger partial charge on any atom is -0.302 e. The number of benzene rings is 1. The summed E-state index contributed by atoms with van der Waals surface area (Å²) >= 11 is 5.76. The van der Waals surface area contributed by atoms with E-state index in [1.54, 1.807) is 0 Å². The monoisotopic (exact) mass is 224 g/mol. The molecule has 1 unspecified atom stereocenters. The molecule has 0 bridgehead atoms. The highest BCUT2D eigenvalue weighted by Gasteiger charge is 2.03. The number of unbranched alkanes of at least 4 members (excludes halogenated alkanes) is 1. The van der Waals surface area contributed by atoms with Gasteiger partial charge < -0.3 is 4.79 Å². The summed E-state index contributed by atoms with van der Waals surface area (Å²) in [6.07, 6.45) is 4.99. The van der Waals surface area contributed by atoms with E-state index < -0.39 is 5.38 Å². The van der Waals surface area contributed by atoms with Crippen LogP contribution in [0.1, 0.15) is 30.9 Å². The van der Waals surface area contributed by atoms with E-state index in [1.165, 1.54) is 18.4 Å². The fourth-order valence-electron chi connectivity index (χ4n) is 1.50. The van der Waals surface area contributed by atoms with Gasteiger partial charge >= 0.3 is 0 Å². The highest BCUT2D eigenvalue weighted by atomic mass is 35.5. The predicted octanol–water partition coefficient (Wildman–Crippen LogP) is 3.38. The van der Waals surface area contributed by atoms with Gasteiger partial charge in [-0.2, -0.15) is 0 Å². The van der Waals surface area contributed by atoms with Crippen LogP contribution in [0.15, 0.2) is 24.3 Å². The number of aryl methyl sites for hydroxylation is 1. The summed E-state index contributed by atoms with van der Waals surface area (Å²) in [5.74, 6) is 0. The molecule has 0 saturated heterocycles. The number of carbonyl (C=O) groups is 1. The van der Waals surface area contributed by atoms with E-state index in [9.17, 15) is 4.79 Å². The second-order valence-corrected chi connectivity index (χ2v) is 4.34. The van der Waals surface area contributed by atoms with Gasteiger partial charge in [-0.15, -0.1) is 11.6 Å². The first-order chi connectivity index (χ1) is 7.26. The quantitative estimate of drug-likeness (QED) is 0.535. The van der Waals surface area contributed by atoms with Crippen LogP contribution in [0.3, 0.4) is 0 Å². The molecule has 0 N–H and O–H groups in total. The molecule has 0 aliphatic carbocycles. The number of carbonyl (C=O) groups excluding carboxylic acids is 1. The number of hydrogen-bond acceptors (Lipinski definition) is 1. The van der Waals surface area contributed by atoms with Gasteiger partial charge in [0.1, 0.15) is 6.29 Å². The first-order valence-electron chi connectivity index (χ1n) is 5.43. The molecule has 0 saturated carbocycles. The van der Waals surface area contributed by atoms with Crippen molar-refractivity contribution in [2.75, 3.05) is 0 Å². The summed E-state index contributed by atoms with van der Waals surface area (Å²) in [6.45, 7) is 2.19. The van der Waals surface area contributed by atoms with Gasteiger partial charge in [-0.3, -0.25) is 0 Å². The van der Waals surface area contributed by atoms with Crippen molar-refractivity contribution in [1.82, 2.24) is 0 Å². The minimum atomic E-state index is -0.397. The van der Waals surface area contributed by atoms with Crippen LogP contribution >= 0.6 is 11.6 Å². The molecule has 0 aromatic heterocycles. The van der Waals surface area contributed by atoms with Crippen molar-refractivity contribution >= 4 is 17.9 Å². The number of rotatable bonds is 6. The lowest BCUT2D eigenvalue weighted by atomic mass is 10.0. The third-order valence-corrected chi connectivity index (χ3v) is 2.68. The van der Waals surface area contributed by atoms with Gasteiger partial charge in [-0.25, -0.2) is 0 Å². The van der Waals surface area contributed by atoms with Crippen molar-refractivity contribution in [3.8, 4) is 0 Å². The second-order valence-electron chi connectivity index (χ2n) is 3.78. The first-order valence-corrected chi connectivity index (χ1v) is 5.87. The Kier molecular flexibility index (Phi) is 5.41. The maximum absolute atomic E-state index is 10.4. The van der Waals surface area contributed by atoms with Gasteiger partial charge in [0, 0.05) is 0 Å². The normalized spacial score (nSPS) is 12.4. The average Bonchev–Trinajstić information content (AvgIpc) is 2.28. The van der Waals surface area contributed by atoms with Crippen LogP contribution in [0.5, 0.6) is 0 Å². The third kappa shape index (κ3) is 4.48. The number of alkyl halides is 1. The van der Waals surface area contributed by atoms with Crippen molar-refractivity contribution < 1.29 is 4.79 Å². The van der Waals surface area contributed by atoms with Gasteiger partial charge in [-0.1, -0.05) is 37.6 Å². The Morgan fingerprint density at radius 3 is 2.40 bits per heavy atom. The Labute approximate surface area is 96.5 Å². The van der Waals surface area contributed by atoms with Gasteiger partial charge in [0.15, 0.2) is 0 Å². The molecule has 0 amide bonds. The number of aldehydes is 1. The lowest BCUT2D eigenvalue weighted by Gasteiger charge is -2.04. The Bertz CT molecular complexity index is 292. The van der Waals surface area contributed by atoms with Crippen molar-refractivity contribution in [2.45, 2.75) is 38.0 Å². The molecule has 1 aromatic carbocycles. The SMILES string of the molecule is CCCCc1ccc(CC(Cl)C=O)cc1. The zero-order chi connectivity index (χ0) is 11.1. The van der Waals surface area contributed by atoms with E-state index in [0.717, 1.165) is 18.3 Å². The lowest BCUT2D eigenvalue weighted by Crippen LogP contribution is -2.04. The summed E-state index contributed by atoms with van der Waals surface area (Å²) in [7, 11) is 0. The zero-order valence-electron chi connectivity index (χ0n) is 9.08. The largest absolute Gasteiger partial charge is 0.302 e. The molecule has 0 radical (unpaired) electrons. The second kappa shape index (κ2) is 6.62. The summed E-state index contributed by atoms with van der Waals surface area (Å²) in [5, 5.41) is -0.397. The molecule has 1 nitrogen and oxygen atoms in total. The smallest absolute Gasteiger partial charge is 0.138 e. The third-order valence-electron chi connectivity index (χ3n) is 2.42. The molecule has 1 aromatic rings. The molecule has 0 heterocycles. The fraction of sp³-hybridized carbons (Fsp3) is 0.462. The minimum absolute atomic E-state index is 0.397. The number of hydrogen-bond donors (Lipinski definition) is 0. The predicted molar refractivity (Wildman–Crippen MR) is 64.5 cm³/mol. The first kappa shape index (κ1) is 12.3. The fourth-order valence-corrected chi connectivity index (χ4v) is 1.67. The maximum atomic E-state index is 10.4. The van der Waals surface area contributed by atoms with Crippen LogP contribution in [0.25, 0.3) is 0 Å². The Morgan fingerprint density at radius 2 is 1.87 bits per heavy atom. The van der Waals surface area contributed by atoms with Gasteiger partial charge in [0.2, 0.25) is 0 Å². The Hall–Kier alpha value is -0.820. The highest BCUT2D eigenvalue weighted by Crippen LogP contribution is 2.10. The van der Waals surface area contributed by atoms with Crippen LogP contribution in [-0.2, 0) is 17.6 Å². The van der Waals surface area contributed by atoms with E-state index in [-0.39, 0.29) is 0 Å². The molecule has 0 fully saturated rings. The lowest BCUT2D eigenvalue weighted by molar-refractivity contribution is -0.107. The summed E-state index contributed by atoms with van der Waals surface area (Å²) in [5.41, 5.74) is 2.49. The van der Waals surface area contributed by atoms with E-state index in [0.29, 0.717) is 6.42 Å². The van der Waals surface area contributed by atoms with Crippen LogP contribution in [0.4, 0.5) is 0 Å². The molecule has 0 spiro atoms. The summed E-state index contributed by atoms with van der Waals surface area (Å²) in [4.78, 5) is 10.4. The van der Waals surface area contributed by atoms with Crippen LogP contribution in [-0.4, -0.2) is 11.7 Å². The molecule has 1 atom stereocenters. The molecule has 82 valence electrons. The maximum Gasteiger partial charge on any atom is 0.138 e. The summed E-state index contributed by atoms with van der Waals surface area (Å²) in [6, 6.07) is 8.37. The van der Waals surface area contributed by atoms with Crippen molar-refractivity contribution in [3.63, 3.8) is 0 Å². The van der Waals surface area contributed by atoms with Crippen LogP contribution in [0.2, 0.25) is 0 Å². The Morgan fingerprint density at radius 1 is 1.27 bits per heavy atom. The summed E-state index contributed by atoms with van der Waals surface area (Å²) < 4.78 is 0. The van der Waals surface area contributed by atoms with Crippen molar-refractivity contribution in [1.29, 1.82) is 0 Å². The molecule has 0 aliphatic rings. The standard InChI is InChI=1S/C13H17ClO/c1-2-3-4-11-5-7-12(8-6-11)9-13(14)10-15/h5-8,10,13H,2-4,9H2,1H3. The van der Waals surface area contributed by atoms with E-state index in [1.807, 2.05) is 0 Å². The molecule has 15 heavy (non-hydrogen) atoms. The van der Waals surface area contributed by atoms with Crippen molar-refractivity contribution in [2.24, 2.45) is 0 Å². The average molecular weight is 225 g/mol. The molecular weight excluding hydrogens is 208 g/mol. The van der Waals surface area contributed by atoms with Gasteiger partial charge in [-0.05, 0) is 30.4 Å². The highest BCUT2D eigenvalue weighted by molar-refractivity contribution is 6.27. The molecular formula is C13H17ClO. The molecule has 0 aliphatic heterocycles. The van der Waals surface area contributed by atoms with E-state index in [2.05, 4.69) is 31.2 Å².